The molecule has 0 saturated heterocycles. The Hall–Kier alpha value is -1.55. The van der Waals surface area contributed by atoms with Gasteiger partial charge in [-0.05, 0) is 43.3 Å². The summed E-state index contributed by atoms with van der Waals surface area (Å²) in [6.45, 7) is 4.42. The zero-order valence-electron chi connectivity index (χ0n) is 11.0. The molecule has 0 fully saturated rings. The maximum atomic E-state index is 12.0. The molecule has 1 aromatic rings. The summed E-state index contributed by atoms with van der Waals surface area (Å²) in [4.78, 5) is 12.0. The van der Waals surface area contributed by atoms with Crippen LogP contribution in [0.4, 0.5) is 0 Å². The second-order valence-electron chi connectivity index (χ2n) is 4.79. The molecule has 0 spiro atoms. The van der Waals surface area contributed by atoms with Crippen molar-refractivity contribution in [3.63, 3.8) is 0 Å². The average Bonchev–Trinajstić information content (AvgIpc) is 2.83. The number of benzene rings is 1. The van der Waals surface area contributed by atoms with Crippen LogP contribution in [0.5, 0.6) is 5.75 Å². The third-order valence-electron chi connectivity index (χ3n) is 3.12. The van der Waals surface area contributed by atoms with Crippen LogP contribution in [-0.2, 0) is 6.42 Å². The van der Waals surface area contributed by atoms with Gasteiger partial charge in [0.1, 0.15) is 5.75 Å². The van der Waals surface area contributed by atoms with E-state index in [0.717, 1.165) is 36.4 Å². The zero-order valence-corrected chi connectivity index (χ0v) is 11.0. The highest BCUT2D eigenvalue weighted by Crippen LogP contribution is 2.25. The van der Waals surface area contributed by atoms with Crippen LogP contribution >= 0.6 is 0 Å². The first-order chi connectivity index (χ1) is 8.70. The Balaban J connectivity index is 1.93. The smallest absolute Gasteiger partial charge is 0.251 e. The van der Waals surface area contributed by atoms with Gasteiger partial charge in [-0.3, -0.25) is 4.79 Å². The average molecular weight is 248 g/mol. The van der Waals surface area contributed by atoms with Crippen LogP contribution in [0.1, 0.15) is 22.8 Å². The normalized spacial score (nSPS) is 14.8. The molecule has 4 nitrogen and oxygen atoms in total. The molecule has 98 valence electrons. The number of carbonyl (C=O) groups is 1. The molecule has 0 bridgehead atoms. The van der Waals surface area contributed by atoms with Gasteiger partial charge in [0.15, 0.2) is 0 Å². The first-order valence-corrected chi connectivity index (χ1v) is 6.39. The minimum absolute atomic E-state index is 0.00680. The molecule has 0 saturated carbocycles. The second-order valence-corrected chi connectivity index (χ2v) is 4.79. The summed E-state index contributed by atoms with van der Waals surface area (Å²) in [5.74, 6) is 1.33. The van der Waals surface area contributed by atoms with Crippen molar-refractivity contribution in [3.05, 3.63) is 29.3 Å². The molecule has 1 aliphatic heterocycles. The minimum Gasteiger partial charge on any atom is -0.493 e. The van der Waals surface area contributed by atoms with E-state index in [1.807, 2.05) is 25.2 Å². The van der Waals surface area contributed by atoms with Gasteiger partial charge in [0.2, 0.25) is 0 Å². The van der Waals surface area contributed by atoms with Gasteiger partial charge >= 0.3 is 0 Å². The maximum Gasteiger partial charge on any atom is 0.251 e. The highest BCUT2D eigenvalue weighted by molar-refractivity contribution is 5.94. The van der Waals surface area contributed by atoms with E-state index in [9.17, 15) is 4.79 Å². The number of fused-ring (bicyclic) bond motifs is 1. The Kier molecular flexibility index (Phi) is 4.20. The largest absolute Gasteiger partial charge is 0.493 e. The van der Waals surface area contributed by atoms with Crippen molar-refractivity contribution < 1.29 is 9.53 Å². The van der Waals surface area contributed by atoms with E-state index in [0.29, 0.717) is 12.5 Å². The summed E-state index contributed by atoms with van der Waals surface area (Å²) in [5.41, 5.74) is 1.85. The molecule has 2 N–H and O–H groups in total. The number of hydrogen-bond donors (Lipinski definition) is 2. The van der Waals surface area contributed by atoms with E-state index in [1.54, 1.807) is 0 Å². The fourth-order valence-electron chi connectivity index (χ4n) is 2.12. The van der Waals surface area contributed by atoms with Crippen molar-refractivity contribution in [2.75, 3.05) is 26.7 Å². The number of ether oxygens (including phenoxy) is 1. The van der Waals surface area contributed by atoms with Gasteiger partial charge in [-0.1, -0.05) is 6.92 Å². The fourth-order valence-corrected chi connectivity index (χ4v) is 2.12. The highest BCUT2D eigenvalue weighted by atomic mass is 16.5. The standard InChI is InChI=1S/C14H20N2O2/c1-10(8-15-2)9-16-14(17)12-3-4-13-11(7-12)5-6-18-13/h3-4,7,10,15H,5-6,8-9H2,1-2H3,(H,16,17). The molecular formula is C14H20N2O2. The number of carbonyl (C=O) groups excluding carboxylic acids is 1. The van der Waals surface area contributed by atoms with Crippen molar-refractivity contribution in [2.24, 2.45) is 5.92 Å². The van der Waals surface area contributed by atoms with Gasteiger partial charge in [-0.25, -0.2) is 0 Å². The summed E-state index contributed by atoms with van der Waals surface area (Å²) in [5, 5.41) is 6.05. The summed E-state index contributed by atoms with van der Waals surface area (Å²) < 4.78 is 5.42. The van der Waals surface area contributed by atoms with E-state index >= 15 is 0 Å². The van der Waals surface area contributed by atoms with Crippen LogP contribution in [0.3, 0.4) is 0 Å². The second kappa shape index (κ2) is 5.87. The summed E-state index contributed by atoms with van der Waals surface area (Å²) in [6.07, 6.45) is 0.895. The molecule has 1 aliphatic rings. The maximum absolute atomic E-state index is 12.0. The van der Waals surface area contributed by atoms with Crippen molar-refractivity contribution in [2.45, 2.75) is 13.3 Å². The Bertz CT molecular complexity index is 432. The van der Waals surface area contributed by atoms with E-state index in [4.69, 9.17) is 4.74 Å². The summed E-state index contributed by atoms with van der Waals surface area (Å²) >= 11 is 0. The van der Waals surface area contributed by atoms with E-state index in [1.165, 1.54) is 0 Å². The minimum atomic E-state index is -0.00680. The Labute approximate surface area is 108 Å². The lowest BCUT2D eigenvalue weighted by Crippen LogP contribution is -2.32. The summed E-state index contributed by atoms with van der Waals surface area (Å²) in [6, 6.07) is 5.64. The van der Waals surface area contributed by atoms with Gasteiger partial charge in [-0.2, -0.15) is 0 Å². The third-order valence-corrected chi connectivity index (χ3v) is 3.12. The number of hydrogen-bond acceptors (Lipinski definition) is 3. The lowest BCUT2D eigenvalue weighted by Gasteiger charge is -2.12. The van der Waals surface area contributed by atoms with Crippen LogP contribution in [0.25, 0.3) is 0 Å². The van der Waals surface area contributed by atoms with Crippen molar-refractivity contribution >= 4 is 5.91 Å². The SMILES string of the molecule is CNCC(C)CNC(=O)c1ccc2c(c1)CCO2. The Morgan fingerprint density at radius 3 is 3.06 bits per heavy atom. The molecule has 1 unspecified atom stereocenters. The lowest BCUT2D eigenvalue weighted by atomic mass is 10.1. The number of nitrogens with one attached hydrogen (secondary N) is 2. The van der Waals surface area contributed by atoms with Gasteiger partial charge in [-0.15, -0.1) is 0 Å². The van der Waals surface area contributed by atoms with E-state index in [2.05, 4.69) is 17.6 Å². The van der Waals surface area contributed by atoms with Crippen LogP contribution < -0.4 is 15.4 Å². The van der Waals surface area contributed by atoms with Gasteiger partial charge in [0.05, 0.1) is 6.61 Å². The first-order valence-electron chi connectivity index (χ1n) is 6.39. The molecule has 0 aliphatic carbocycles. The molecular weight excluding hydrogens is 228 g/mol. The van der Waals surface area contributed by atoms with Crippen LogP contribution in [0.15, 0.2) is 18.2 Å². The van der Waals surface area contributed by atoms with Crippen molar-refractivity contribution in [1.82, 2.24) is 10.6 Å². The Morgan fingerprint density at radius 2 is 2.28 bits per heavy atom. The van der Waals surface area contributed by atoms with E-state index in [-0.39, 0.29) is 5.91 Å². The molecule has 2 rings (SSSR count). The molecule has 1 amide bonds. The van der Waals surface area contributed by atoms with E-state index < -0.39 is 0 Å². The molecule has 1 aromatic carbocycles. The van der Waals surface area contributed by atoms with Crippen LogP contribution in [0, 0.1) is 5.92 Å². The van der Waals surface area contributed by atoms with Crippen LogP contribution in [-0.4, -0.2) is 32.7 Å². The molecule has 0 aromatic heterocycles. The lowest BCUT2D eigenvalue weighted by molar-refractivity contribution is 0.0948. The van der Waals surface area contributed by atoms with Crippen molar-refractivity contribution in [1.29, 1.82) is 0 Å². The summed E-state index contributed by atoms with van der Waals surface area (Å²) in [7, 11) is 1.92. The highest BCUT2D eigenvalue weighted by Gasteiger charge is 2.15. The van der Waals surface area contributed by atoms with Gasteiger partial charge in [0.25, 0.3) is 5.91 Å². The molecule has 1 heterocycles. The molecule has 18 heavy (non-hydrogen) atoms. The topological polar surface area (TPSA) is 50.4 Å². The van der Waals surface area contributed by atoms with Gasteiger partial charge in [0, 0.05) is 18.5 Å². The number of amides is 1. The van der Waals surface area contributed by atoms with Crippen LogP contribution in [0.2, 0.25) is 0 Å². The molecule has 4 heteroatoms. The van der Waals surface area contributed by atoms with Gasteiger partial charge < -0.3 is 15.4 Å². The molecule has 1 atom stereocenters. The third kappa shape index (κ3) is 3.01. The quantitative estimate of drug-likeness (QED) is 0.823. The predicted octanol–water partition coefficient (Wildman–Crippen LogP) is 1.21. The predicted molar refractivity (Wildman–Crippen MR) is 71.1 cm³/mol. The Morgan fingerprint density at radius 1 is 1.44 bits per heavy atom. The number of rotatable bonds is 5. The van der Waals surface area contributed by atoms with Crippen molar-refractivity contribution in [3.8, 4) is 5.75 Å². The molecule has 0 radical (unpaired) electrons. The zero-order chi connectivity index (χ0) is 13.0. The monoisotopic (exact) mass is 248 g/mol. The first kappa shape index (κ1) is 12.9. The fraction of sp³-hybridized carbons (Fsp3) is 0.500.